The Bertz CT molecular complexity index is 1220. The van der Waals surface area contributed by atoms with Crippen LogP contribution in [0.4, 0.5) is 4.79 Å². The van der Waals surface area contributed by atoms with Gasteiger partial charge in [0, 0.05) is 23.7 Å². The quantitative estimate of drug-likeness (QED) is 0.309. The molecule has 2 N–H and O–H groups in total. The fraction of sp³-hybridized carbons (Fsp3) is 0.467. The summed E-state index contributed by atoms with van der Waals surface area (Å²) in [4.78, 5) is 16.9. The molecule has 0 aliphatic heterocycles. The summed E-state index contributed by atoms with van der Waals surface area (Å²) >= 11 is 6.66. The van der Waals surface area contributed by atoms with E-state index < -0.39 is 17.2 Å². The Morgan fingerprint density at radius 2 is 1.89 bits per heavy atom. The second-order valence-electron chi connectivity index (χ2n) is 10.9. The third kappa shape index (κ3) is 7.51. The Kier molecular flexibility index (Phi) is 9.00. The number of carbonyl (C=O) groups is 1. The minimum Gasteiger partial charge on any atom is -0.489 e. The molecule has 1 amide bonds. The van der Waals surface area contributed by atoms with Crippen molar-refractivity contribution in [2.24, 2.45) is 0 Å². The van der Waals surface area contributed by atoms with Crippen molar-refractivity contribution in [2.45, 2.75) is 83.1 Å². The van der Waals surface area contributed by atoms with Crippen LogP contribution < -0.4 is 14.8 Å². The van der Waals surface area contributed by atoms with Gasteiger partial charge in [-0.2, -0.15) is 0 Å². The number of aliphatic hydroxyl groups is 1. The van der Waals surface area contributed by atoms with Crippen LogP contribution in [-0.4, -0.2) is 40.0 Å². The lowest BCUT2D eigenvalue weighted by molar-refractivity contribution is 0.0339. The molecule has 1 saturated carbocycles. The lowest BCUT2D eigenvalue weighted by atomic mass is 9.77. The molecule has 0 radical (unpaired) electrons. The summed E-state index contributed by atoms with van der Waals surface area (Å²) in [5.41, 5.74) is 0.0671. The topological polar surface area (TPSA) is 89.9 Å². The van der Waals surface area contributed by atoms with Crippen molar-refractivity contribution in [3.63, 3.8) is 0 Å². The average Bonchev–Trinajstić information content (AvgIpc) is 2.87. The summed E-state index contributed by atoms with van der Waals surface area (Å²) in [7, 11) is 0. The summed E-state index contributed by atoms with van der Waals surface area (Å²) in [6, 6.07) is 15.6. The Labute approximate surface area is 229 Å². The minimum atomic E-state index is -0.572. The number of alkyl carbamates (subject to hydrolysis) is 1. The number of hydrogen-bond acceptors (Lipinski definition) is 6. The van der Waals surface area contributed by atoms with Gasteiger partial charge in [-0.25, -0.2) is 9.78 Å². The molecule has 1 aliphatic carbocycles. The smallest absolute Gasteiger partial charge is 0.408 e. The highest BCUT2D eigenvalue weighted by Crippen LogP contribution is 2.38. The number of nitrogens with zero attached hydrogens (tertiary/aromatic N) is 1. The molecular weight excluding hydrogens is 504 g/mol. The van der Waals surface area contributed by atoms with Gasteiger partial charge in [0.15, 0.2) is 0 Å². The SMILES string of the molecule is CC(C)(C)OC(=O)NC1(CCCO)CCC(Oc2cc3ccnc(OCc4ccccc4)c3cc2Cl)CC1. The summed E-state index contributed by atoms with van der Waals surface area (Å²) in [5.74, 6) is 1.15. The van der Waals surface area contributed by atoms with Crippen LogP contribution in [0.1, 0.15) is 64.9 Å². The number of benzene rings is 2. The Hall–Kier alpha value is -3.03. The monoisotopic (exact) mass is 540 g/mol. The average molecular weight is 541 g/mol. The Balaban J connectivity index is 1.42. The van der Waals surface area contributed by atoms with Crippen LogP contribution in [0.2, 0.25) is 5.02 Å². The lowest BCUT2D eigenvalue weighted by Crippen LogP contribution is -2.53. The zero-order valence-corrected chi connectivity index (χ0v) is 23.1. The van der Waals surface area contributed by atoms with Gasteiger partial charge in [0.1, 0.15) is 18.0 Å². The number of halogens is 1. The summed E-state index contributed by atoms with van der Waals surface area (Å²) in [6.07, 6.45) is 5.50. The third-order valence-electron chi connectivity index (χ3n) is 6.76. The molecule has 2 aromatic carbocycles. The van der Waals surface area contributed by atoms with E-state index in [9.17, 15) is 9.90 Å². The van der Waals surface area contributed by atoms with Gasteiger partial charge in [-0.3, -0.25) is 0 Å². The molecule has 0 unspecified atom stereocenters. The summed E-state index contributed by atoms with van der Waals surface area (Å²) in [5, 5.41) is 14.8. The number of carbonyl (C=O) groups excluding carboxylic acids is 1. The van der Waals surface area contributed by atoms with E-state index >= 15 is 0 Å². The Morgan fingerprint density at radius 1 is 1.16 bits per heavy atom. The number of aliphatic hydroxyl groups excluding tert-OH is 1. The molecule has 1 heterocycles. The number of amides is 1. The number of nitrogens with one attached hydrogen (secondary N) is 1. The van der Waals surface area contributed by atoms with E-state index in [0.717, 1.165) is 42.0 Å². The second-order valence-corrected chi connectivity index (χ2v) is 11.4. The fourth-order valence-corrected chi connectivity index (χ4v) is 5.10. The highest BCUT2D eigenvalue weighted by molar-refractivity contribution is 6.33. The minimum absolute atomic E-state index is 0.0386. The van der Waals surface area contributed by atoms with Crippen molar-refractivity contribution < 1.29 is 24.1 Å². The molecule has 0 bridgehead atoms. The molecule has 0 atom stereocenters. The molecule has 38 heavy (non-hydrogen) atoms. The van der Waals surface area contributed by atoms with Gasteiger partial charge >= 0.3 is 6.09 Å². The van der Waals surface area contributed by atoms with Gasteiger partial charge in [0.25, 0.3) is 0 Å². The maximum Gasteiger partial charge on any atom is 0.408 e. The van der Waals surface area contributed by atoms with E-state index in [1.807, 2.05) is 69.3 Å². The molecule has 4 rings (SSSR count). The molecule has 8 heteroatoms. The molecule has 1 fully saturated rings. The van der Waals surface area contributed by atoms with E-state index in [2.05, 4.69) is 10.3 Å². The number of hydrogen-bond donors (Lipinski definition) is 2. The molecule has 3 aromatic rings. The van der Waals surface area contributed by atoms with Gasteiger partial charge < -0.3 is 24.6 Å². The van der Waals surface area contributed by atoms with E-state index in [-0.39, 0.29) is 12.7 Å². The van der Waals surface area contributed by atoms with E-state index in [1.165, 1.54) is 0 Å². The van der Waals surface area contributed by atoms with Crippen LogP contribution in [0.5, 0.6) is 11.6 Å². The standard InChI is InChI=1S/C30H37ClN2O5/c1-29(2,3)38-28(35)33-30(13-7-17-34)14-10-23(11-15-30)37-26-18-22-12-16-32-27(24(22)19-25(26)31)36-20-21-8-5-4-6-9-21/h4-6,8-9,12,16,18-19,23,34H,7,10-11,13-15,17,20H2,1-3H3,(H,33,35). The van der Waals surface area contributed by atoms with Crippen LogP contribution >= 0.6 is 11.6 Å². The van der Waals surface area contributed by atoms with Gasteiger partial charge in [-0.1, -0.05) is 41.9 Å². The highest BCUT2D eigenvalue weighted by Gasteiger charge is 2.38. The van der Waals surface area contributed by atoms with Gasteiger partial charge in [0.05, 0.1) is 11.1 Å². The number of pyridine rings is 1. The van der Waals surface area contributed by atoms with Crippen molar-refractivity contribution in [2.75, 3.05) is 6.61 Å². The normalized spacial score (nSPS) is 19.7. The van der Waals surface area contributed by atoms with Gasteiger partial charge in [0.2, 0.25) is 5.88 Å². The lowest BCUT2D eigenvalue weighted by Gasteiger charge is -2.41. The highest BCUT2D eigenvalue weighted by atomic mass is 35.5. The zero-order chi connectivity index (χ0) is 27.2. The number of fused-ring (bicyclic) bond motifs is 1. The van der Waals surface area contributed by atoms with E-state index in [1.54, 1.807) is 6.20 Å². The first-order chi connectivity index (χ1) is 18.2. The largest absolute Gasteiger partial charge is 0.489 e. The van der Waals surface area contributed by atoms with Crippen LogP contribution in [0.25, 0.3) is 10.8 Å². The fourth-order valence-electron chi connectivity index (χ4n) is 4.89. The van der Waals surface area contributed by atoms with Crippen LogP contribution in [0.15, 0.2) is 54.7 Å². The maximum absolute atomic E-state index is 12.5. The number of rotatable bonds is 9. The van der Waals surface area contributed by atoms with Crippen molar-refractivity contribution >= 4 is 28.5 Å². The van der Waals surface area contributed by atoms with Crippen LogP contribution in [0, 0.1) is 0 Å². The van der Waals surface area contributed by atoms with Crippen molar-refractivity contribution in [1.82, 2.24) is 10.3 Å². The molecule has 204 valence electrons. The van der Waals surface area contributed by atoms with E-state index in [0.29, 0.717) is 36.1 Å². The van der Waals surface area contributed by atoms with E-state index in [4.69, 9.17) is 25.8 Å². The Morgan fingerprint density at radius 3 is 2.58 bits per heavy atom. The first-order valence-corrected chi connectivity index (χ1v) is 13.6. The zero-order valence-electron chi connectivity index (χ0n) is 22.3. The first kappa shape index (κ1) is 28.0. The molecular formula is C30H37ClN2O5. The predicted molar refractivity (Wildman–Crippen MR) is 149 cm³/mol. The molecule has 1 aromatic heterocycles. The number of aromatic nitrogens is 1. The molecule has 1 aliphatic rings. The van der Waals surface area contributed by atoms with Crippen LogP contribution in [-0.2, 0) is 11.3 Å². The van der Waals surface area contributed by atoms with Crippen molar-refractivity contribution in [3.8, 4) is 11.6 Å². The van der Waals surface area contributed by atoms with Crippen molar-refractivity contribution in [1.29, 1.82) is 0 Å². The second kappa shape index (κ2) is 12.2. The summed E-state index contributed by atoms with van der Waals surface area (Å²) in [6.45, 7) is 6.04. The maximum atomic E-state index is 12.5. The van der Waals surface area contributed by atoms with Crippen LogP contribution in [0.3, 0.4) is 0 Å². The summed E-state index contributed by atoms with van der Waals surface area (Å²) < 4.78 is 17.9. The molecule has 0 saturated heterocycles. The predicted octanol–water partition coefficient (Wildman–Crippen LogP) is 6.82. The van der Waals surface area contributed by atoms with Gasteiger partial charge in [-0.05, 0) is 88.4 Å². The third-order valence-corrected chi connectivity index (χ3v) is 7.06. The van der Waals surface area contributed by atoms with Crippen molar-refractivity contribution in [3.05, 3.63) is 65.3 Å². The van der Waals surface area contributed by atoms with Gasteiger partial charge in [-0.15, -0.1) is 0 Å². The number of ether oxygens (including phenoxy) is 3. The first-order valence-electron chi connectivity index (χ1n) is 13.2. The molecule has 0 spiro atoms. The molecule has 7 nitrogen and oxygen atoms in total.